The zero-order valence-electron chi connectivity index (χ0n) is 16.3. The SMILES string of the molecule is O=C(N1CCN(CCCOCC(F)(F)F)CC1)C12CC3CC(CC(Br)(C3)C1)C2. The first-order chi connectivity index (χ1) is 13.2. The first kappa shape index (κ1) is 20.9. The molecule has 0 N–H and O–H groups in total. The Labute approximate surface area is 173 Å². The van der Waals surface area contributed by atoms with Gasteiger partial charge < -0.3 is 9.64 Å². The molecule has 4 aliphatic carbocycles. The molecule has 160 valence electrons. The molecule has 5 fully saturated rings. The van der Waals surface area contributed by atoms with E-state index >= 15 is 0 Å². The van der Waals surface area contributed by atoms with Crippen LogP contribution in [0.3, 0.4) is 0 Å². The maximum absolute atomic E-state index is 13.5. The summed E-state index contributed by atoms with van der Waals surface area (Å²) in [5.74, 6) is 1.75. The van der Waals surface area contributed by atoms with Gasteiger partial charge in [-0.3, -0.25) is 9.69 Å². The lowest BCUT2D eigenvalue weighted by Crippen LogP contribution is -2.61. The van der Waals surface area contributed by atoms with Gasteiger partial charge in [0.25, 0.3) is 0 Å². The summed E-state index contributed by atoms with van der Waals surface area (Å²) in [5, 5.41) is 0. The average Bonchev–Trinajstić information content (AvgIpc) is 2.58. The third-order valence-electron chi connectivity index (χ3n) is 7.13. The van der Waals surface area contributed by atoms with Crippen LogP contribution in [0.2, 0.25) is 0 Å². The van der Waals surface area contributed by atoms with E-state index in [1.807, 2.05) is 0 Å². The molecule has 1 heterocycles. The third-order valence-corrected chi connectivity index (χ3v) is 8.06. The Hall–Kier alpha value is -0.340. The number of carbonyl (C=O) groups is 1. The topological polar surface area (TPSA) is 32.8 Å². The molecular formula is C20H30BrF3N2O2. The molecular weight excluding hydrogens is 437 g/mol. The lowest BCUT2D eigenvalue weighted by molar-refractivity contribution is -0.174. The number of amides is 1. The number of hydrogen-bond donors (Lipinski definition) is 0. The van der Waals surface area contributed by atoms with E-state index < -0.39 is 12.8 Å². The van der Waals surface area contributed by atoms with Crippen molar-refractivity contribution in [1.82, 2.24) is 9.80 Å². The van der Waals surface area contributed by atoms with Crippen LogP contribution in [0.15, 0.2) is 0 Å². The van der Waals surface area contributed by atoms with Crippen LogP contribution in [0.5, 0.6) is 0 Å². The fourth-order valence-corrected chi connectivity index (χ4v) is 7.94. The van der Waals surface area contributed by atoms with Crippen LogP contribution in [0.25, 0.3) is 0 Å². The van der Waals surface area contributed by atoms with Crippen molar-refractivity contribution in [2.75, 3.05) is 45.9 Å². The second-order valence-corrected chi connectivity index (χ2v) is 11.2. The van der Waals surface area contributed by atoms with Crippen LogP contribution in [-0.4, -0.2) is 72.1 Å². The van der Waals surface area contributed by atoms with Crippen molar-refractivity contribution in [3.8, 4) is 0 Å². The summed E-state index contributed by atoms with van der Waals surface area (Å²) in [5.41, 5.74) is -0.152. The second-order valence-electron chi connectivity index (χ2n) is 9.55. The maximum atomic E-state index is 13.5. The number of nitrogens with zero attached hydrogens (tertiary/aromatic N) is 2. The number of alkyl halides is 4. The van der Waals surface area contributed by atoms with Gasteiger partial charge in [0.15, 0.2) is 0 Å². The summed E-state index contributed by atoms with van der Waals surface area (Å²) in [6.07, 6.45) is 3.19. The number of ether oxygens (including phenoxy) is 1. The lowest BCUT2D eigenvalue weighted by atomic mass is 9.49. The Morgan fingerprint density at radius 3 is 2.29 bits per heavy atom. The Balaban J connectivity index is 1.23. The molecule has 1 amide bonds. The normalized spacial score (nSPS) is 38.2. The van der Waals surface area contributed by atoms with Gasteiger partial charge in [-0.1, -0.05) is 15.9 Å². The highest BCUT2D eigenvalue weighted by Crippen LogP contribution is 2.64. The number of carbonyl (C=O) groups excluding carboxylic acids is 1. The van der Waals surface area contributed by atoms with Crippen molar-refractivity contribution in [2.45, 2.75) is 55.4 Å². The van der Waals surface area contributed by atoms with Crippen molar-refractivity contribution in [2.24, 2.45) is 17.3 Å². The van der Waals surface area contributed by atoms with E-state index in [1.54, 1.807) is 0 Å². The van der Waals surface area contributed by atoms with E-state index in [4.69, 9.17) is 0 Å². The van der Waals surface area contributed by atoms with Crippen molar-refractivity contribution >= 4 is 21.8 Å². The summed E-state index contributed by atoms with van der Waals surface area (Å²) >= 11 is 3.99. The van der Waals surface area contributed by atoms with E-state index in [2.05, 4.69) is 30.5 Å². The van der Waals surface area contributed by atoms with Crippen molar-refractivity contribution in [1.29, 1.82) is 0 Å². The molecule has 0 radical (unpaired) electrons. The predicted octanol–water partition coefficient (Wildman–Crippen LogP) is 3.83. The Bertz CT molecular complexity index is 578. The zero-order valence-corrected chi connectivity index (χ0v) is 17.9. The molecule has 8 heteroatoms. The van der Waals surface area contributed by atoms with Crippen molar-refractivity contribution in [3.05, 3.63) is 0 Å². The molecule has 4 saturated carbocycles. The van der Waals surface area contributed by atoms with Gasteiger partial charge in [0.05, 0.1) is 5.41 Å². The molecule has 1 aliphatic heterocycles. The quantitative estimate of drug-likeness (QED) is 0.440. The third kappa shape index (κ3) is 4.53. The zero-order chi connectivity index (χ0) is 20.0. The van der Waals surface area contributed by atoms with Gasteiger partial charge in [-0.05, 0) is 56.8 Å². The molecule has 0 aromatic rings. The maximum Gasteiger partial charge on any atom is 0.411 e. The molecule has 2 unspecified atom stereocenters. The predicted molar refractivity (Wildman–Crippen MR) is 103 cm³/mol. The number of hydrogen-bond acceptors (Lipinski definition) is 3. The van der Waals surface area contributed by atoms with E-state index in [1.165, 1.54) is 19.3 Å². The summed E-state index contributed by atoms with van der Waals surface area (Å²) in [6.45, 7) is 2.73. The highest BCUT2D eigenvalue weighted by Gasteiger charge is 2.60. The first-order valence-electron chi connectivity index (χ1n) is 10.5. The standard InChI is InChI=1S/C20H30BrF3N2O2/c21-19-11-15-8-16(12-19)10-18(9-15,13-19)17(27)26-5-3-25(4-6-26)2-1-7-28-14-20(22,23)24/h15-16H,1-14H2. The number of halogens is 4. The van der Waals surface area contributed by atoms with Gasteiger partial charge >= 0.3 is 6.18 Å². The molecule has 28 heavy (non-hydrogen) atoms. The van der Waals surface area contributed by atoms with Crippen LogP contribution in [0.1, 0.15) is 44.9 Å². The van der Waals surface area contributed by atoms with Gasteiger partial charge in [0.1, 0.15) is 6.61 Å². The fourth-order valence-electron chi connectivity index (χ4n) is 6.49. The van der Waals surface area contributed by atoms with Crippen LogP contribution in [-0.2, 0) is 9.53 Å². The van der Waals surface area contributed by atoms with Gasteiger partial charge in [-0.15, -0.1) is 0 Å². The van der Waals surface area contributed by atoms with Crippen LogP contribution in [0.4, 0.5) is 13.2 Å². The molecule has 0 aromatic heterocycles. The Morgan fingerprint density at radius 1 is 1.07 bits per heavy atom. The molecule has 4 nitrogen and oxygen atoms in total. The Kier molecular flexibility index (Phi) is 5.77. The highest BCUT2D eigenvalue weighted by molar-refractivity contribution is 9.10. The van der Waals surface area contributed by atoms with Gasteiger partial charge in [0, 0.05) is 43.7 Å². The van der Waals surface area contributed by atoms with Crippen LogP contribution >= 0.6 is 15.9 Å². The molecule has 0 aromatic carbocycles. The minimum absolute atomic E-state index is 0.123. The molecule has 2 atom stereocenters. The smallest absolute Gasteiger partial charge is 0.372 e. The highest BCUT2D eigenvalue weighted by atomic mass is 79.9. The Morgan fingerprint density at radius 2 is 1.71 bits per heavy atom. The van der Waals surface area contributed by atoms with Crippen LogP contribution in [0, 0.1) is 17.3 Å². The van der Waals surface area contributed by atoms with Gasteiger partial charge in [-0.25, -0.2) is 0 Å². The van der Waals surface area contributed by atoms with E-state index in [0.717, 1.165) is 52.0 Å². The average molecular weight is 467 g/mol. The van der Waals surface area contributed by atoms with E-state index in [-0.39, 0.29) is 16.3 Å². The lowest BCUT2D eigenvalue weighted by Gasteiger charge is -2.60. The molecule has 1 saturated heterocycles. The minimum Gasteiger partial charge on any atom is -0.372 e. The first-order valence-corrected chi connectivity index (χ1v) is 11.3. The molecule has 5 aliphatic rings. The van der Waals surface area contributed by atoms with Crippen molar-refractivity contribution < 1.29 is 22.7 Å². The van der Waals surface area contributed by atoms with Crippen LogP contribution < -0.4 is 0 Å². The van der Waals surface area contributed by atoms with E-state index in [9.17, 15) is 18.0 Å². The number of piperazine rings is 1. The van der Waals surface area contributed by atoms with Crippen molar-refractivity contribution in [3.63, 3.8) is 0 Å². The molecule has 0 spiro atoms. The molecule has 4 bridgehead atoms. The fraction of sp³-hybridized carbons (Fsp3) is 0.950. The minimum atomic E-state index is -4.25. The van der Waals surface area contributed by atoms with Gasteiger partial charge in [0.2, 0.25) is 5.91 Å². The summed E-state index contributed by atoms with van der Waals surface area (Å²) in [4.78, 5) is 17.7. The molecule has 5 rings (SSSR count). The van der Waals surface area contributed by atoms with Gasteiger partial charge in [-0.2, -0.15) is 13.2 Å². The largest absolute Gasteiger partial charge is 0.411 e. The summed E-state index contributed by atoms with van der Waals surface area (Å²) in [6, 6.07) is 0. The summed E-state index contributed by atoms with van der Waals surface area (Å²) in [7, 11) is 0. The number of rotatable bonds is 6. The summed E-state index contributed by atoms with van der Waals surface area (Å²) < 4.78 is 41.1. The second kappa shape index (κ2) is 7.73. The van der Waals surface area contributed by atoms with E-state index in [0.29, 0.717) is 24.2 Å². The monoisotopic (exact) mass is 466 g/mol.